The van der Waals surface area contributed by atoms with Crippen molar-refractivity contribution in [1.82, 2.24) is 0 Å². The fourth-order valence-corrected chi connectivity index (χ4v) is 3.50. The molecule has 1 aliphatic rings. The number of ketones is 2. The number of Topliss-reactive ketones (excluding diaryl/α,β-unsaturated/α-hetero) is 2. The van der Waals surface area contributed by atoms with E-state index in [0.29, 0.717) is 6.42 Å². The highest BCUT2D eigenvalue weighted by Crippen LogP contribution is 2.44. The fourth-order valence-electron chi connectivity index (χ4n) is 3.50. The van der Waals surface area contributed by atoms with Gasteiger partial charge >= 0.3 is 0 Å². The monoisotopic (exact) mass is 304 g/mol. The van der Waals surface area contributed by atoms with E-state index in [2.05, 4.69) is 6.92 Å². The molecule has 0 aliphatic heterocycles. The standard InChI is InChI=1S/C21H20O2/c1-3-16(15-9-5-4-6-10-15)20-19(13-14(2)22)17-11-7-8-12-18(17)21(20)23/h4-12,19H,3,13H2,1-2H3/b20-16-. The second-order valence-electron chi connectivity index (χ2n) is 5.99. The van der Waals surface area contributed by atoms with E-state index in [-0.39, 0.29) is 17.5 Å². The Balaban J connectivity index is 2.22. The zero-order valence-corrected chi connectivity index (χ0v) is 13.5. The number of benzene rings is 2. The Morgan fingerprint density at radius 1 is 1.00 bits per heavy atom. The van der Waals surface area contributed by atoms with E-state index in [4.69, 9.17) is 0 Å². The fraction of sp³-hybridized carbons (Fsp3) is 0.238. The molecular weight excluding hydrogens is 284 g/mol. The Morgan fingerprint density at radius 3 is 2.30 bits per heavy atom. The molecule has 0 saturated carbocycles. The molecule has 0 fully saturated rings. The second kappa shape index (κ2) is 6.33. The molecule has 2 heteroatoms. The normalized spacial score (nSPS) is 18.7. The molecule has 0 amide bonds. The lowest BCUT2D eigenvalue weighted by Gasteiger charge is -2.16. The van der Waals surface area contributed by atoms with Crippen molar-refractivity contribution < 1.29 is 9.59 Å². The molecule has 1 aliphatic carbocycles. The van der Waals surface area contributed by atoms with Crippen LogP contribution in [-0.4, -0.2) is 11.6 Å². The van der Waals surface area contributed by atoms with Gasteiger partial charge in [0.2, 0.25) is 0 Å². The van der Waals surface area contributed by atoms with Crippen molar-refractivity contribution in [3.8, 4) is 0 Å². The third kappa shape index (κ3) is 2.77. The van der Waals surface area contributed by atoms with Crippen molar-refractivity contribution >= 4 is 17.1 Å². The Hall–Kier alpha value is -2.48. The summed E-state index contributed by atoms with van der Waals surface area (Å²) in [4.78, 5) is 24.8. The van der Waals surface area contributed by atoms with Gasteiger partial charge in [-0.3, -0.25) is 9.59 Å². The smallest absolute Gasteiger partial charge is 0.190 e. The summed E-state index contributed by atoms with van der Waals surface area (Å²) in [5.41, 5.74) is 4.66. The lowest BCUT2D eigenvalue weighted by Crippen LogP contribution is -2.08. The number of carbonyl (C=O) groups is 2. The summed E-state index contributed by atoms with van der Waals surface area (Å²) >= 11 is 0. The molecule has 23 heavy (non-hydrogen) atoms. The Labute approximate surface area is 136 Å². The summed E-state index contributed by atoms with van der Waals surface area (Å²) in [5, 5.41) is 0. The van der Waals surface area contributed by atoms with Crippen LogP contribution < -0.4 is 0 Å². The first kappa shape index (κ1) is 15.4. The van der Waals surface area contributed by atoms with E-state index in [0.717, 1.165) is 34.3 Å². The molecule has 1 unspecified atom stereocenters. The third-order valence-electron chi connectivity index (χ3n) is 4.47. The molecule has 0 radical (unpaired) electrons. The summed E-state index contributed by atoms with van der Waals surface area (Å²) in [7, 11) is 0. The maximum absolute atomic E-state index is 13.0. The number of hydrogen-bond acceptors (Lipinski definition) is 2. The molecule has 2 nitrogen and oxygen atoms in total. The third-order valence-corrected chi connectivity index (χ3v) is 4.47. The van der Waals surface area contributed by atoms with E-state index in [9.17, 15) is 9.59 Å². The van der Waals surface area contributed by atoms with Crippen LogP contribution in [-0.2, 0) is 4.79 Å². The van der Waals surface area contributed by atoms with Crippen molar-refractivity contribution in [2.24, 2.45) is 0 Å². The van der Waals surface area contributed by atoms with Gasteiger partial charge in [0.25, 0.3) is 0 Å². The van der Waals surface area contributed by atoms with Crippen LogP contribution in [0.5, 0.6) is 0 Å². The highest BCUT2D eigenvalue weighted by atomic mass is 16.1. The maximum atomic E-state index is 13.0. The molecule has 0 bridgehead atoms. The molecule has 2 aromatic carbocycles. The first-order valence-electron chi connectivity index (χ1n) is 8.05. The van der Waals surface area contributed by atoms with Gasteiger partial charge < -0.3 is 0 Å². The van der Waals surface area contributed by atoms with Gasteiger partial charge in [0.1, 0.15) is 5.78 Å². The van der Waals surface area contributed by atoms with Crippen molar-refractivity contribution in [1.29, 1.82) is 0 Å². The largest absolute Gasteiger partial charge is 0.300 e. The second-order valence-corrected chi connectivity index (χ2v) is 5.99. The lowest BCUT2D eigenvalue weighted by atomic mass is 9.86. The molecule has 0 aromatic heterocycles. The minimum atomic E-state index is -0.119. The van der Waals surface area contributed by atoms with Crippen LogP contribution >= 0.6 is 0 Å². The van der Waals surface area contributed by atoms with Crippen LogP contribution in [0.25, 0.3) is 5.57 Å². The highest BCUT2D eigenvalue weighted by Gasteiger charge is 2.36. The van der Waals surface area contributed by atoms with Crippen molar-refractivity contribution in [2.45, 2.75) is 32.6 Å². The minimum Gasteiger partial charge on any atom is -0.300 e. The average Bonchev–Trinajstić information content (AvgIpc) is 2.83. The zero-order valence-electron chi connectivity index (χ0n) is 13.5. The first-order chi connectivity index (χ1) is 11.1. The Kier molecular flexibility index (Phi) is 4.24. The van der Waals surface area contributed by atoms with Gasteiger partial charge in [-0.25, -0.2) is 0 Å². The van der Waals surface area contributed by atoms with Crippen LogP contribution in [0.15, 0.2) is 60.2 Å². The Bertz CT molecular complexity index is 784. The van der Waals surface area contributed by atoms with E-state index >= 15 is 0 Å². The van der Waals surface area contributed by atoms with Crippen molar-refractivity contribution in [2.75, 3.05) is 0 Å². The van der Waals surface area contributed by atoms with Gasteiger partial charge in [-0.05, 0) is 30.0 Å². The first-order valence-corrected chi connectivity index (χ1v) is 8.05. The van der Waals surface area contributed by atoms with Crippen molar-refractivity contribution in [3.05, 3.63) is 76.9 Å². The van der Waals surface area contributed by atoms with Crippen LogP contribution in [0.1, 0.15) is 54.1 Å². The van der Waals surface area contributed by atoms with Crippen LogP contribution in [0, 0.1) is 0 Å². The lowest BCUT2D eigenvalue weighted by molar-refractivity contribution is -0.117. The summed E-state index contributed by atoms with van der Waals surface area (Å²) in [5.74, 6) is 0.0689. The molecule has 3 rings (SSSR count). The molecule has 0 N–H and O–H groups in total. The summed E-state index contributed by atoms with van der Waals surface area (Å²) < 4.78 is 0. The number of allylic oxidation sites excluding steroid dienone is 2. The molecule has 0 spiro atoms. The maximum Gasteiger partial charge on any atom is 0.190 e. The molecule has 116 valence electrons. The Morgan fingerprint density at radius 2 is 1.65 bits per heavy atom. The van der Waals surface area contributed by atoms with E-state index in [1.54, 1.807) is 6.92 Å². The van der Waals surface area contributed by atoms with Gasteiger partial charge in [-0.1, -0.05) is 61.5 Å². The van der Waals surface area contributed by atoms with E-state index < -0.39 is 0 Å². The predicted octanol–water partition coefficient (Wildman–Crippen LogP) is 4.81. The quantitative estimate of drug-likeness (QED) is 0.760. The van der Waals surface area contributed by atoms with Gasteiger partial charge in [-0.15, -0.1) is 0 Å². The van der Waals surface area contributed by atoms with Crippen molar-refractivity contribution in [3.63, 3.8) is 0 Å². The van der Waals surface area contributed by atoms with E-state index in [1.165, 1.54) is 0 Å². The molecule has 0 heterocycles. The van der Waals surface area contributed by atoms with Gasteiger partial charge in [0.15, 0.2) is 5.78 Å². The molecule has 1 atom stereocenters. The number of hydrogen-bond donors (Lipinski definition) is 0. The predicted molar refractivity (Wildman–Crippen MR) is 92.5 cm³/mol. The van der Waals surface area contributed by atoms with Crippen LogP contribution in [0.4, 0.5) is 0 Å². The van der Waals surface area contributed by atoms with Gasteiger partial charge in [-0.2, -0.15) is 0 Å². The number of fused-ring (bicyclic) bond motifs is 1. The average molecular weight is 304 g/mol. The highest BCUT2D eigenvalue weighted by molar-refractivity contribution is 6.18. The van der Waals surface area contributed by atoms with Gasteiger partial charge in [0, 0.05) is 23.5 Å². The topological polar surface area (TPSA) is 34.1 Å². The molecule has 2 aromatic rings. The van der Waals surface area contributed by atoms with Crippen LogP contribution in [0.2, 0.25) is 0 Å². The summed E-state index contributed by atoms with van der Waals surface area (Å²) in [6, 6.07) is 17.7. The number of rotatable bonds is 4. The zero-order chi connectivity index (χ0) is 16.4. The number of carbonyl (C=O) groups excluding carboxylic acids is 2. The molecule has 0 saturated heterocycles. The summed E-state index contributed by atoms with van der Waals surface area (Å²) in [6.07, 6.45) is 1.15. The minimum absolute atomic E-state index is 0.0764. The summed E-state index contributed by atoms with van der Waals surface area (Å²) in [6.45, 7) is 3.66. The SMILES string of the molecule is CC/C(=C1/C(=O)c2ccccc2C1CC(C)=O)c1ccccc1. The van der Waals surface area contributed by atoms with Crippen LogP contribution in [0.3, 0.4) is 0 Å². The molecular formula is C21H20O2. The van der Waals surface area contributed by atoms with Gasteiger partial charge in [0.05, 0.1) is 0 Å². The van der Waals surface area contributed by atoms with E-state index in [1.807, 2.05) is 54.6 Å².